The maximum absolute atomic E-state index is 11.1. The Morgan fingerprint density at radius 3 is 2.56 bits per heavy atom. The van der Waals surface area contributed by atoms with Gasteiger partial charge in [0.25, 0.3) is 0 Å². The zero-order valence-corrected chi connectivity index (χ0v) is 10.9. The Kier molecular flexibility index (Phi) is 8.61. The molecule has 0 spiro atoms. The van der Waals surface area contributed by atoms with E-state index >= 15 is 0 Å². The van der Waals surface area contributed by atoms with Crippen molar-refractivity contribution in [3.05, 3.63) is 0 Å². The normalized spacial score (nSPS) is 18.6. The average Bonchev–Trinajstić information content (AvgIpc) is 2.25. The third-order valence-corrected chi connectivity index (χ3v) is 2.81. The molecule has 1 rings (SSSR count). The van der Waals surface area contributed by atoms with E-state index in [4.69, 9.17) is 5.73 Å². The van der Waals surface area contributed by atoms with E-state index in [0.717, 1.165) is 19.5 Å². The first-order valence-electron chi connectivity index (χ1n) is 5.96. The fraction of sp³-hybridized carbons (Fsp3) is 0.909. The molecule has 1 saturated heterocycles. The highest BCUT2D eigenvalue weighted by Crippen LogP contribution is 2.08. The molecule has 1 amide bonds. The van der Waals surface area contributed by atoms with E-state index in [1.54, 1.807) is 6.92 Å². The zero-order valence-electron chi connectivity index (χ0n) is 10.1. The van der Waals surface area contributed by atoms with Gasteiger partial charge in [-0.1, -0.05) is 6.42 Å². The molecule has 16 heavy (non-hydrogen) atoms. The van der Waals surface area contributed by atoms with E-state index < -0.39 is 0 Å². The number of halogens is 1. The van der Waals surface area contributed by atoms with Gasteiger partial charge in [-0.15, -0.1) is 12.4 Å². The van der Waals surface area contributed by atoms with Crippen molar-refractivity contribution in [2.45, 2.75) is 38.6 Å². The summed E-state index contributed by atoms with van der Waals surface area (Å²) < 4.78 is 0. The van der Waals surface area contributed by atoms with Crippen LogP contribution in [-0.4, -0.2) is 43.0 Å². The smallest absolute Gasteiger partial charge is 0.236 e. The molecule has 1 aliphatic heterocycles. The molecule has 0 aromatic rings. The van der Waals surface area contributed by atoms with Crippen LogP contribution in [-0.2, 0) is 4.79 Å². The van der Waals surface area contributed by atoms with Crippen LogP contribution >= 0.6 is 12.4 Å². The lowest BCUT2D eigenvalue weighted by Crippen LogP contribution is -2.40. The third kappa shape index (κ3) is 6.30. The molecular weight excluding hydrogens is 226 g/mol. The van der Waals surface area contributed by atoms with Gasteiger partial charge in [0.2, 0.25) is 5.91 Å². The Hall–Kier alpha value is -0.320. The van der Waals surface area contributed by atoms with E-state index in [9.17, 15) is 4.79 Å². The van der Waals surface area contributed by atoms with Crippen LogP contribution in [0.15, 0.2) is 0 Å². The van der Waals surface area contributed by atoms with Gasteiger partial charge in [-0.3, -0.25) is 4.79 Å². The van der Waals surface area contributed by atoms with Crippen LogP contribution in [0.2, 0.25) is 0 Å². The van der Waals surface area contributed by atoms with Crippen molar-refractivity contribution in [3.8, 4) is 0 Å². The molecule has 1 aliphatic rings. The predicted octanol–water partition coefficient (Wildman–Crippen LogP) is 0.748. The largest absolute Gasteiger partial charge is 0.355 e. The van der Waals surface area contributed by atoms with Crippen LogP contribution in [0.5, 0.6) is 0 Å². The van der Waals surface area contributed by atoms with Crippen LogP contribution in [0.4, 0.5) is 0 Å². The van der Waals surface area contributed by atoms with E-state index in [0.29, 0.717) is 0 Å². The number of hydrogen-bond donors (Lipinski definition) is 2. The number of nitrogens with two attached hydrogens (primary N) is 1. The minimum Gasteiger partial charge on any atom is -0.355 e. The Bertz CT molecular complexity index is 194. The van der Waals surface area contributed by atoms with Gasteiger partial charge in [0.15, 0.2) is 0 Å². The summed E-state index contributed by atoms with van der Waals surface area (Å²) in [5.74, 6) is -0.0476. The molecule has 1 atom stereocenters. The van der Waals surface area contributed by atoms with Crippen LogP contribution < -0.4 is 11.1 Å². The summed E-state index contributed by atoms with van der Waals surface area (Å²) in [6, 6.07) is -0.389. The maximum atomic E-state index is 11.1. The van der Waals surface area contributed by atoms with E-state index in [1.807, 2.05) is 0 Å². The Morgan fingerprint density at radius 2 is 2.00 bits per heavy atom. The molecule has 0 saturated carbocycles. The number of amides is 1. The molecule has 1 heterocycles. The van der Waals surface area contributed by atoms with Crippen molar-refractivity contribution in [2.75, 3.05) is 26.2 Å². The quantitative estimate of drug-likeness (QED) is 0.707. The number of carbonyl (C=O) groups excluding carboxylic acids is 1. The van der Waals surface area contributed by atoms with Gasteiger partial charge >= 0.3 is 0 Å². The monoisotopic (exact) mass is 249 g/mol. The molecule has 0 aromatic heterocycles. The summed E-state index contributed by atoms with van der Waals surface area (Å²) in [6.45, 7) is 6.00. The number of carbonyl (C=O) groups is 1. The zero-order chi connectivity index (χ0) is 11.1. The standard InChI is InChI=1S/C11H23N3O.ClH/c1-10(12)11(15)13-6-5-9-14-7-3-2-4-8-14;/h10H,2-9,12H2,1H3,(H,13,15);1H. The second-order valence-electron chi connectivity index (χ2n) is 4.34. The maximum Gasteiger partial charge on any atom is 0.236 e. The molecular formula is C11H24ClN3O. The van der Waals surface area contributed by atoms with Crippen molar-refractivity contribution >= 4 is 18.3 Å². The van der Waals surface area contributed by atoms with Gasteiger partial charge in [0.1, 0.15) is 0 Å². The summed E-state index contributed by atoms with van der Waals surface area (Å²) in [5.41, 5.74) is 5.44. The Balaban J connectivity index is 0.00000225. The molecule has 3 N–H and O–H groups in total. The van der Waals surface area contributed by atoms with Crippen LogP contribution in [0, 0.1) is 0 Å². The number of hydrogen-bond acceptors (Lipinski definition) is 3. The molecule has 5 heteroatoms. The van der Waals surface area contributed by atoms with E-state index in [2.05, 4.69) is 10.2 Å². The minimum atomic E-state index is -0.389. The molecule has 96 valence electrons. The molecule has 0 radical (unpaired) electrons. The van der Waals surface area contributed by atoms with Crippen LogP contribution in [0.3, 0.4) is 0 Å². The van der Waals surface area contributed by atoms with Gasteiger partial charge < -0.3 is 16.0 Å². The van der Waals surface area contributed by atoms with Crippen LogP contribution in [0.25, 0.3) is 0 Å². The second kappa shape index (κ2) is 8.79. The lowest BCUT2D eigenvalue weighted by Gasteiger charge is -2.26. The first-order valence-corrected chi connectivity index (χ1v) is 5.96. The van der Waals surface area contributed by atoms with Crippen molar-refractivity contribution < 1.29 is 4.79 Å². The van der Waals surface area contributed by atoms with Crippen molar-refractivity contribution in [3.63, 3.8) is 0 Å². The van der Waals surface area contributed by atoms with Crippen molar-refractivity contribution in [1.82, 2.24) is 10.2 Å². The number of rotatable bonds is 5. The molecule has 4 nitrogen and oxygen atoms in total. The number of nitrogens with zero attached hydrogens (tertiary/aromatic N) is 1. The molecule has 0 aromatic carbocycles. The van der Waals surface area contributed by atoms with Gasteiger partial charge in [-0.05, 0) is 45.8 Å². The van der Waals surface area contributed by atoms with Crippen LogP contribution in [0.1, 0.15) is 32.6 Å². The van der Waals surface area contributed by atoms with E-state index in [1.165, 1.54) is 32.4 Å². The van der Waals surface area contributed by atoms with Gasteiger partial charge in [-0.25, -0.2) is 0 Å². The summed E-state index contributed by atoms with van der Waals surface area (Å²) in [7, 11) is 0. The van der Waals surface area contributed by atoms with Gasteiger partial charge in [0.05, 0.1) is 6.04 Å². The summed E-state index contributed by atoms with van der Waals surface area (Å²) in [5, 5.41) is 2.83. The molecule has 1 fully saturated rings. The first-order chi connectivity index (χ1) is 7.20. The highest BCUT2D eigenvalue weighted by Gasteiger charge is 2.10. The molecule has 0 bridgehead atoms. The number of likely N-dealkylation sites (tertiary alicyclic amines) is 1. The minimum absolute atomic E-state index is 0. The molecule has 1 unspecified atom stereocenters. The lowest BCUT2D eigenvalue weighted by atomic mass is 10.1. The van der Waals surface area contributed by atoms with Gasteiger partial charge in [-0.2, -0.15) is 0 Å². The summed E-state index contributed by atoms with van der Waals surface area (Å²) in [6.07, 6.45) is 5.05. The third-order valence-electron chi connectivity index (χ3n) is 2.81. The topological polar surface area (TPSA) is 58.4 Å². The summed E-state index contributed by atoms with van der Waals surface area (Å²) >= 11 is 0. The molecule has 0 aliphatic carbocycles. The highest BCUT2D eigenvalue weighted by atomic mass is 35.5. The number of nitrogens with one attached hydrogen (secondary N) is 1. The van der Waals surface area contributed by atoms with E-state index in [-0.39, 0.29) is 24.4 Å². The lowest BCUT2D eigenvalue weighted by molar-refractivity contribution is -0.121. The fourth-order valence-corrected chi connectivity index (χ4v) is 1.86. The van der Waals surface area contributed by atoms with Crippen molar-refractivity contribution in [1.29, 1.82) is 0 Å². The Labute approximate surface area is 104 Å². The highest BCUT2D eigenvalue weighted by molar-refractivity contribution is 5.85. The average molecular weight is 250 g/mol. The SMILES string of the molecule is CC(N)C(=O)NCCCN1CCCCC1.Cl. The van der Waals surface area contributed by atoms with Crippen molar-refractivity contribution in [2.24, 2.45) is 5.73 Å². The van der Waals surface area contributed by atoms with Gasteiger partial charge in [0, 0.05) is 6.54 Å². The first kappa shape index (κ1) is 15.7. The fourth-order valence-electron chi connectivity index (χ4n) is 1.86. The second-order valence-corrected chi connectivity index (χ2v) is 4.34. The summed E-state index contributed by atoms with van der Waals surface area (Å²) in [4.78, 5) is 13.6. The Morgan fingerprint density at radius 1 is 1.38 bits per heavy atom. The predicted molar refractivity (Wildman–Crippen MR) is 68.8 cm³/mol. The number of piperidine rings is 1.